The molecular weight excluding hydrogens is 644 g/mol. The SMILES string of the molecule is CNC(=O)[C@H](Cc1ccccc1)NC(=O)[C@H](CC(C)C)N(C(=O)OCc1ccccc1)C(=O)C(S)CCCN1C(=O)c2ccccc2C1=O. The molecule has 11 nitrogen and oxygen atoms in total. The average Bonchev–Trinajstić information content (AvgIpc) is 3.35. The maximum Gasteiger partial charge on any atom is 0.417 e. The first-order valence-electron chi connectivity index (χ1n) is 16.2. The number of rotatable bonds is 15. The third-order valence-corrected chi connectivity index (χ3v) is 8.61. The summed E-state index contributed by atoms with van der Waals surface area (Å²) in [5.41, 5.74) is 2.13. The normalized spacial score (nSPS) is 14.1. The van der Waals surface area contributed by atoms with Crippen LogP contribution in [0, 0.1) is 5.92 Å². The fraction of sp³-hybridized carbons (Fsp3) is 0.351. The second-order valence-electron chi connectivity index (χ2n) is 12.2. The second-order valence-corrected chi connectivity index (χ2v) is 12.8. The molecule has 1 unspecified atom stereocenters. The Bertz CT molecular complexity index is 1620. The molecule has 4 rings (SSSR count). The van der Waals surface area contributed by atoms with Crippen molar-refractivity contribution < 1.29 is 33.5 Å². The molecule has 0 aromatic heterocycles. The Kier molecular flexibility index (Phi) is 13.1. The van der Waals surface area contributed by atoms with Crippen LogP contribution in [0.15, 0.2) is 84.9 Å². The first-order chi connectivity index (χ1) is 23.5. The van der Waals surface area contributed by atoms with Crippen molar-refractivity contribution in [2.24, 2.45) is 5.92 Å². The lowest BCUT2D eigenvalue weighted by molar-refractivity contribution is -0.140. The molecule has 0 saturated heterocycles. The number of nitrogens with zero attached hydrogens (tertiary/aromatic N) is 2. The number of carbonyl (C=O) groups is 6. The summed E-state index contributed by atoms with van der Waals surface area (Å²) in [5, 5.41) is 4.25. The number of carbonyl (C=O) groups excluding carboxylic acids is 6. The first kappa shape index (κ1) is 36.9. The van der Waals surface area contributed by atoms with Crippen molar-refractivity contribution in [1.82, 2.24) is 20.4 Å². The zero-order chi connectivity index (χ0) is 35.5. The van der Waals surface area contributed by atoms with Gasteiger partial charge in [0.25, 0.3) is 11.8 Å². The number of fused-ring (bicyclic) bond motifs is 1. The summed E-state index contributed by atoms with van der Waals surface area (Å²) in [6.45, 7) is 3.58. The molecule has 1 heterocycles. The van der Waals surface area contributed by atoms with Gasteiger partial charge in [-0.05, 0) is 48.4 Å². The van der Waals surface area contributed by atoms with Crippen LogP contribution in [-0.2, 0) is 32.1 Å². The van der Waals surface area contributed by atoms with Crippen molar-refractivity contribution in [2.45, 2.75) is 63.5 Å². The number of hydrogen-bond acceptors (Lipinski definition) is 8. The molecule has 49 heavy (non-hydrogen) atoms. The quantitative estimate of drug-likeness (QED) is 0.159. The van der Waals surface area contributed by atoms with Gasteiger partial charge in [-0.15, -0.1) is 0 Å². The zero-order valence-corrected chi connectivity index (χ0v) is 28.7. The topological polar surface area (TPSA) is 142 Å². The van der Waals surface area contributed by atoms with E-state index in [2.05, 4.69) is 23.3 Å². The minimum absolute atomic E-state index is 0.0400. The molecule has 3 atom stereocenters. The van der Waals surface area contributed by atoms with Gasteiger partial charge in [-0.25, -0.2) is 9.69 Å². The van der Waals surface area contributed by atoms with Gasteiger partial charge in [0.1, 0.15) is 18.7 Å². The molecule has 12 heteroatoms. The van der Waals surface area contributed by atoms with Gasteiger partial charge in [0.15, 0.2) is 0 Å². The highest BCUT2D eigenvalue weighted by Crippen LogP contribution is 2.24. The molecule has 0 aliphatic carbocycles. The molecule has 6 amide bonds. The molecule has 0 saturated carbocycles. The highest BCUT2D eigenvalue weighted by Gasteiger charge is 2.40. The summed E-state index contributed by atoms with van der Waals surface area (Å²) in [5.74, 6) is -2.89. The van der Waals surface area contributed by atoms with E-state index < -0.39 is 53.0 Å². The third-order valence-electron chi connectivity index (χ3n) is 8.13. The summed E-state index contributed by atoms with van der Waals surface area (Å²) in [7, 11) is 1.46. The van der Waals surface area contributed by atoms with Crippen LogP contribution in [0.4, 0.5) is 4.79 Å². The number of thiol groups is 1. The molecule has 0 radical (unpaired) electrons. The van der Waals surface area contributed by atoms with Crippen LogP contribution in [0.25, 0.3) is 0 Å². The second kappa shape index (κ2) is 17.4. The van der Waals surface area contributed by atoms with E-state index in [0.29, 0.717) is 16.7 Å². The molecule has 0 spiro atoms. The molecule has 2 N–H and O–H groups in total. The zero-order valence-electron chi connectivity index (χ0n) is 27.8. The van der Waals surface area contributed by atoms with Crippen LogP contribution in [0.2, 0.25) is 0 Å². The number of benzene rings is 3. The Labute approximate surface area is 291 Å². The lowest BCUT2D eigenvalue weighted by Crippen LogP contribution is -2.58. The summed E-state index contributed by atoms with van der Waals surface area (Å²) in [6, 6.07) is 22.3. The number of ether oxygens (including phenoxy) is 1. The van der Waals surface area contributed by atoms with Crippen LogP contribution in [-0.4, -0.2) is 76.4 Å². The molecule has 1 aliphatic heterocycles. The lowest BCUT2D eigenvalue weighted by Gasteiger charge is -2.32. The van der Waals surface area contributed by atoms with Crippen LogP contribution < -0.4 is 10.6 Å². The smallest absolute Gasteiger partial charge is 0.417 e. The van der Waals surface area contributed by atoms with E-state index in [4.69, 9.17) is 4.74 Å². The predicted molar refractivity (Wildman–Crippen MR) is 187 cm³/mol. The number of imide groups is 2. The molecular formula is C37H42N4O7S. The Morgan fingerprint density at radius 3 is 1.92 bits per heavy atom. The largest absolute Gasteiger partial charge is 0.444 e. The summed E-state index contributed by atoms with van der Waals surface area (Å²) >= 11 is 4.52. The number of nitrogens with one attached hydrogen (secondary N) is 2. The molecule has 258 valence electrons. The lowest BCUT2D eigenvalue weighted by atomic mass is 9.99. The molecule has 3 aromatic rings. The van der Waals surface area contributed by atoms with Crippen molar-refractivity contribution >= 4 is 48.3 Å². The Balaban J connectivity index is 1.54. The van der Waals surface area contributed by atoms with E-state index in [1.54, 1.807) is 48.5 Å². The number of hydrogen-bond donors (Lipinski definition) is 3. The summed E-state index contributed by atoms with van der Waals surface area (Å²) in [4.78, 5) is 82.3. The number of amides is 6. The van der Waals surface area contributed by atoms with Gasteiger partial charge in [-0.1, -0.05) is 86.6 Å². The maximum atomic E-state index is 14.1. The standard InChI is InChI=1S/C37H42N4O7S/c1-24(2)21-30(33(43)39-29(32(42)38-3)22-25-13-6-4-7-14-25)41(37(47)48-23-26-15-8-5-9-16-26)36(46)31(49)19-12-20-40-34(44)27-17-10-11-18-28(27)35(40)45/h4-11,13-18,24,29-31,49H,12,19-23H2,1-3H3,(H,38,42)(H,39,43)/t29-,30-,31?/m0/s1. The molecule has 1 aliphatic rings. The van der Waals surface area contributed by atoms with Gasteiger partial charge in [0.05, 0.1) is 16.4 Å². The Morgan fingerprint density at radius 1 is 0.816 bits per heavy atom. The third kappa shape index (κ3) is 9.56. The minimum Gasteiger partial charge on any atom is -0.444 e. The van der Waals surface area contributed by atoms with Crippen molar-refractivity contribution in [1.29, 1.82) is 0 Å². The van der Waals surface area contributed by atoms with E-state index >= 15 is 0 Å². The van der Waals surface area contributed by atoms with E-state index in [9.17, 15) is 28.8 Å². The predicted octanol–water partition coefficient (Wildman–Crippen LogP) is 4.41. The molecule has 0 fully saturated rings. The van der Waals surface area contributed by atoms with E-state index in [-0.39, 0.29) is 44.8 Å². The highest BCUT2D eigenvalue weighted by atomic mass is 32.1. The van der Waals surface area contributed by atoms with Crippen LogP contribution in [0.5, 0.6) is 0 Å². The van der Waals surface area contributed by atoms with Crippen molar-refractivity contribution in [3.05, 3.63) is 107 Å². The summed E-state index contributed by atoms with van der Waals surface area (Å²) < 4.78 is 5.57. The molecule has 3 aromatic carbocycles. The first-order valence-corrected chi connectivity index (χ1v) is 16.8. The monoisotopic (exact) mass is 686 g/mol. The fourth-order valence-electron chi connectivity index (χ4n) is 5.61. The molecule has 0 bridgehead atoms. The van der Waals surface area contributed by atoms with Crippen LogP contribution in [0.1, 0.15) is 65.0 Å². The summed E-state index contributed by atoms with van der Waals surface area (Å²) in [6.07, 6.45) is -0.467. The van der Waals surface area contributed by atoms with Gasteiger partial charge in [-0.2, -0.15) is 12.6 Å². The fourth-order valence-corrected chi connectivity index (χ4v) is 5.91. The Morgan fingerprint density at radius 2 is 1.37 bits per heavy atom. The highest BCUT2D eigenvalue weighted by molar-refractivity contribution is 7.81. The Hall–Kier alpha value is -4.97. The minimum atomic E-state index is -1.33. The van der Waals surface area contributed by atoms with Gasteiger partial charge in [-0.3, -0.25) is 28.9 Å². The van der Waals surface area contributed by atoms with E-state index in [1.165, 1.54) is 7.05 Å². The van der Waals surface area contributed by atoms with Crippen molar-refractivity contribution in [3.63, 3.8) is 0 Å². The van der Waals surface area contributed by atoms with Gasteiger partial charge in [0.2, 0.25) is 17.7 Å². The van der Waals surface area contributed by atoms with Crippen molar-refractivity contribution in [3.8, 4) is 0 Å². The van der Waals surface area contributed by atoms with Gasteiger partial charge < -0.3 is 15.4 Å². The van der Waals surface area contributed by atoms with Crippen LogP contribution in [0.3, 0.4) is 0 Å². The van der Waals surface area contributed by atoms with Crippen LogP contribution >= 0.6 is 12.6 Å². The maximum absolute atomic E-state index is 14.1. The van der Waals surface area contributed by atoms with Gasteiger partial charge in [0, 0.05) is 20.0 Å². The number of likely N-dealkylation sites (N-methyl/N-ethyl adjacent to an activating group) is 1. The van der Waals surface area contributed by atoms with Crippen molar-refractivity contribution in [2.75, 3.05) is 13.6 Å². The van der Waals surface area contributed by atoms with E-state index in [0.717, 1.165) is 15.4 Å². The van der Waals surface area contributed by atoms with Gasteiger partial charge >= 0.3 is 6.09 Å². The van der Waals surface area contributed by atoms with E-state index in [1.807, 2.05) is 50.2 Å². The average molecular weight is 687 g/mol.